The lowest BCUT2D eigenvalue weighted by atomic mass is 10.1. The topological polar surface area (TPSA) is 78.7 Å². The van der Waals surface area contributed by atoms with Crippen LogP contribution in [0.15, 0.2) is 60.8 Å². The van der Waals surface area contributed by atoms with Crippen molar-refractivity contribution in [2.24, 2.45) is 0 Å². The number of nitrogens with one attached hydrogen (secondary N) is 1. The molecule has 24 heavy (non-hydrogen) atoms. The third-order valence-corrected chi connectivity index (χ3v) is 3.47. The van der Waals surface area contributed by atoms with E-state index >= 15 is 0 Å². The molecule has 1 heterocycles. The zero-order chi connectivity index (χ0) is 16.9. The molecule has 116 valence electrons. The van der Waals surface area contributed by atoms with Crippen molar-refractivity contribution in [1.29, 1.82) is 5.26 Å². The molecule has 3 aromatic rings. The molecule has 0 saturated heterocycles. The van der Waals surface area contributed by atoms with E-state index < -0.39 is 0 Å². The average Bonchev–Trinajstić information content (AvgIpc) is 2.62. The Kier molecular flexibility index (Phi) is 4.30. The third-order valence-electron chi connectivity index (χ3n) is 3.47. The predicted octanol–water partition coefficient (Wildman–Crippen LogP) is 3.58. The number of nitriles is 1. The molecule has 1 amide bonds. The molecule has 1 N–H and O–H groups in total. The summed E-state index contributed by atoms with van der Waals surface area (Å²) in [4.78, 5) is 20.8. The molecule has 0 fully saturated rings. The number of nitrogens with zero attached hydrogens (tertiary/aromatic N) is 3. The van der Waals surface area contributed by atoms with E-state index in [0.717, 1.165) is 11.3 Å². The smallest absolute Gasteiger partial charge is 0.255 e. The van der Waals surface area contributed by atoms with Crippen molar-refractivity contribution in [2.75, 3.05) is 5.32 Å². The molecule has 0 radical (unpaired) electrons. The highest BCUT2D eigenvalue weighted by Crippen LogP contribution is 2.21. The van der Waals surface area contributed by atoms with Gasteiger partial charge in [-0.15, -0.1) is 0 Å². The van der Waals surface area contributed by atoms with Gasteiger partial charge in [-0.1, -0.05) is 12.1 Å². The van der Waals surface area contributed by atoms with Crippen molar-refractivity contribution < 1.29 is 4.79 Å². The fraction of sp³-hybridized carbons (Fsp3) is 0.0526. The Labute approximate surface area is 139 Å². The van der Waals surface area contributed by atoms with Gasteiger partial charge in [-0.3, -0.25) is 4.79 Å². The van der Waals surface area contributed by atoms with E-state index in [1.807, 2.05) is 43.3 Å². The Morgan fingerprint density at radius 1 is 1.12 bits per heavy atom. The second-order valence-corrected chi connectivity index (χ2v) is 5.21. The third kappa shape index (κ3) is 3.45. The van der Waals surface area contributed by atoms with Crippen molar-refractivity contribution in [3.63, 3.8) is 0 Å². The quantitative estimate of drug-likeness (QED) is 0.801. The zero-order valence-corrected chi connectivity index (χ0v) is 13.0. The van der Waals surface area contributed by atoms with E-state index in [0.29, 0.717) is 22.6 Å². The molecule has 0 aliphatic rings. The number of aromatic nitrogens is 2. The molecule has 5 nitrogen and oxygen atoms in total. The number of hydrogen-bond donors (Lipinski definition) is 1. The largest absolute Gasteiger partial charge is 0.322 e. The summed E-state index contributed by atoms with van der Waals surface area (Å²) in [5.41, 5.74) is 3.40. The monoisotopic (exact) mass is 314 g/mol. The Hall–Kier alpha value is -3.52. The molecular formula is C19H14N4O. The summed E-state index contributed by atoms with van der Waals surface area (Å²) in [7, 11) is 0. The van der Waals surface area contributed by atoms with E-state index in [1.165, 1.54) is 0 Å². The molecule has 5 heteroatoms. The molecular weight excluding hydrogens is 300 g/mol. The summed E-state index contributed by atoms with van der Waals surface area (Å²) < 4.78 is 0. The van der Waals surface area contributed by atoms with Crippen LogP contribution in [0.3, 0.4) is 0 Å². The van der Waals surface area contributed by atoms with Gasteiger partial charge < -0.3 is 5.32 Å². The van der Waals surface area contributed by atoms with Crippen LogP contribution >= 0.6 is 0 Å². The van der Waals surface area contributed by atoms with Gasteiger partial charge in [-0.05, 0) is 49.4 Å². The van der Waals surface area contributed by atoms with Crippen LogP contribution < -0.4 is 5.32 Å². The summed E-state index contributed by atoms with van der Waals surface area (Å²) in [5, 5.41) is 11.7. The standard InChI is InChI=1S/C19H14N4O/c1-13-21-10-9-18(22-13)16-3-2-4-17(11-16)23-19(24)15-7-5-14(12-20)6-8-15/h2-11H,1H3,(H,23,24). The lowest BCUT2D eigenvalue weighted by Crippen LogP contribution is -2.11. The highest BCUT2D eigenvalue weighted by molar-refractivity contribution is 6.04. The molecule has 0 aliphatic carbocycles. The second kappa shape index (κ2) is 6.71. The first-order chi connectivity index (χ1) is 11.7. The van der Waals surface area contributed by atoms with Gasteiger partial charge in [-0.25, -0.2) is 9.97 Å². The lowest BCUT2D eigenvalue weighted by Gasteiger charge is -2.08. The number of hydrogen-bond acceptors (Lipinski definition) is 4. The summed E-state index contributed by atoms with van der Waals surface area (Å²) >= 11 is 0. The van der Waals surface area contributed by atoms with E-state index in [1.54, 1.807) is 30.5 Å². The number of aryl methyl sites for hydroxylation is 1. The first-order valence-corrected chi connectivity index (χ1v) is 7.37. The van der Waals surface area contributed by atoms with Crippen LogP contribution in [0.5, 0.6) is 0 Å². The molecule has 0 spiro atoms. The van der Waals surface area contributed by atoms with Crippen LogP contribution in [0.4, 0.5) is 5.69 Å². The van der Waals surface area contributed by atoms with Gasteiger partial charge in [0, 0.05) is 23.0 Å². The van der Waals surface area contributed by atoms with Gasteiger partial charge in [0.05, 0.1) is 17.3 Å². The van der Waals surface area contributed by atoms with Crippen LogP contribution in [-0.4, -0.2) is 15.9 Å². The fourth-order valence-corrected chi connectivity index (χ4v) is 2.27. The molecule has 2 aromatic carbocycles. The van der Waals surface area contributed by atoms with Crippen LogP contribution in [0.25, 0.3) is 11.3 Å². The van der Waals surface area contributed by atoms with Gasteiger partial charge in [0.15, 0.2) is 0 Å². The van der Waals surface area contributed by atoms with Gasteiger partial charge in [0.25, 0.3) is 5.91 Å². The maximum atomic E-state index is 12.3. The minimum Gasteiger partial charge on any atom is -0.322 e. The summed E-state index contributed by atoms with van der Waals surface area (Å²) in [6, 6.07) is 17.8. The number of benzene rings is 2. The number of anilines is 1. The van der Waals surface area contributed by atoms with Crippen molar-refractivity contribution in [2.45, 2.75) is 6.92 Å². The minimum absolute atomic E-state index is 0.226. The Morgan fingerprint density at radius 3 is 2.62 bits per heavy atom. The van der Waals surface area contributed by atoms with E-state index in [9.17, 15) is 4.79 Å². The first-order valence-electron chi connectivity index (χ1n) is 7.37. The van der Waals surface area contributed by atoms with E-state index in [2.05, 4.69) is 15.3 Å². The van der Waals surface area contributed by atoms with E-state index in [-0.39, 0.29) is 5.91 Å². The summed E-state index contributed by atoms with van der Waals surface area (Å²) in [6.45, 7) is 1.83. The Bertz CT molecular complexity index is 927. The normalized spacial score (nSPS) is 10.0. The Morgan fingerprint density at radius 2 is 1.92 bits per heavy atom. The average molecular weight is 314 g/mol. The number of carbonyl (C=O) groups is 1. The maximum absolute atomic E-state index is 12.3. The molecule has 0 saturated carbocycles. The van der Waals surface area contributed by atoms with Crippen LogP contribution in [0.2, 0.25) is 0 Å². The lowest BCUT2D eigenvalue weighted by molar-refractivity contribution is 0.102. The Balaban J connectivity index is 1.81. The number of amides is 1. The van der Waals surface area contributed by atoms with Crippen molar-refractivity contribution in [3.05, 3.63) is 77.7 Å². The first kappa shape index (κ1) is 15.4. The minimum atomic E-state index is -0.226. The van der Waals surface area contributed by atoms with Crippen LogP contribution in [0, 0.1) is 18.3 Å². The van der Waals surface area contributed by atoms with Crippen LogP contribution in [0.1, 0.15) is 21.7 Å². The van der Waals surface area contributed by atoms with Crippen LogP contribution in [-0.2, 0) is 0 Å². The predicted molar refractivity (Wildman–Crippen MR) is 91.3 cm³/mol. The van der Waals surface area contributed by atoms with Gasteiger partial charge in [0.1, 0.15) is 5.82 Å². The second-order valence-electron chi connectivity index (χ2n) is 5.21. The molecule has 1 aromatic heterocycles. The fourth-order valence-electron chi connectivity index (χ4n) is 2.27. The van der Waals surface area contributed by atoms with Crippen molar-refractivity contribution in [1.82, 2.24) is 9.97 Å². The van der Waals surface area contributed by atoms with Gasteiger partial charge >= 0.3 is 0 Å². The summed E-state index contributed by atoms with van der Waals surface area (Å²) in [6.07, 6.45) is 1.71. The molecule has 0 unspecified atom stereocenters. The molecule has 0 atom stereocenters. The molecule has 0 bridgehead atoms. The van der Waals surface area contributed by atoms with Gasteiger partial charge in [-0.2, -0.15) is 5.26 Å². The number of rotatable bonds is 3. The summed E-state index contributed by atoms with van der Waals surface area (Å²) in [5.74, 6) is 0.468. The molecule has 0 aliphatic heterocycles. The highest BCUT2D eigenvalue weighted by atomic mass is 16.1. The van der Waals surface area contributed by atoms with Crippen molar-refractivity contribution >= 4 is 11.6 Å². The number of carbonyl (C=O) groups excluding carboxylic acids is 1. The highest BCUT2D eigenvalue weighted by Gasteiger charge is 2.07. The zero-order valence-electron chi connectivity index (χ0n) is 13.0. The molecule has 3 rings (SSSR count). The van der Waals surface area contributed by atoms with Gasteiger partial charge in [0.2, 0.25) is 0 Å². The maximum Gasteiger partial charge on any atom is 0.255 e. The SMILES string of the molecule is Cc1nccc(-c2cccc(NC(=O)c3ccc(C#N)cc3)c2)n1. The van der Waals surface area contributed by atoms with E-state index in [4.69, 9.17) is 5.26 Å². The van der Waals surface area contributed by atoms with Crippen molar-refractivity contribution in [3.8, 4) is 17.3 Å².